The second-order valence-corrected chi connectivity index (χ2v) is 2.68. The van der Waals surface area contributed by atoms with Crippen molar-refractivity contribution in [2.24, 2.45) is 0 Å². The quantitative estimate of drug-likeness (QED) is 0.759. The van der Waals surface area contributed by atoms with E-state index >= 15 is 0 Å². The van der Waals surface area contributed by atoms with Crippen molar-refractivity contribution < 1.29 is 9.13 Å². The summed E-state index contributed by atoms with van der Waals surface area (Å²) in [5.41, 5.74) is 0.506. The monoisotopic (exact) mass is 230 g/mol. The zero-order valence-electron chi connectivity index (χ0n) is 6.55. The van der Waals surface area contributed by atoms with Gasteiger partial charge < -0.3 is 4.74 Å². The molecule has 0 atom stereocenters. The summed E-state index contributed by atoms with van der Waals surface area (Å²) in [5, 5.41) is 0. The molecule has 0 unspecified atom stereocenters. The van der Waals surface area contributed by atoms with Crippen LogP contribution in [0.25, 0.3) is 6.08 Å². The smallest absolute Gasteiger partial charge is 0.172 e. The molecule has 12 heavy (non-hydrogen) atoms. The standard InChI is InChI=1S/C9H8BrFO/c1-12-8-4-2-3-7(5-6-10)9(8)11/h2-6H,1H3/b6-5+. The van der Waals surface area contributed by atoms with Crippen LogP contribution in [0.1, 0.15) is 5.56 Å². The van der Waals surface area contributed by atoms with Crippen LogP contribution < -0.4 is 4.74 Å². The maximum atomic E-state index is 13.3. The fourth-order valence-electron chi connectivity index (χ4n) is 0.882. The minimum Gasteiger partial charge on any atom is -0.494 e. The van der Waals surface area contributed by atoms with E-state index < -0.39 is 0 Å². The summed E-state index contributed by atoms with van der Waals surface area (Å²) >= 11 is 3.08. The van der Waals surface area contributed by atoms with Gasteiger partial charge in [0.05, 0.1) is 7.11 Å². The third kappa shape index (κ3) is 1.85. The lowest BCUT2D eigenvalue weighted by Crippen LogP contribution is -1.89. The van der Waals surface area contributed by atoms with Gasteiger partial charge in [0.15, 0.2) is 11.6 Å². The summed E-state index contributed by atoms with van der Waals surface area (Å²) < 4.78 is 18.1. The Kier molecular flexibility index (Phi) is 3.29. The zero-order chi connectivity index (χ0) is 8.97. The Bertz CT molecular complexity index is 297. The normalized spacial score (nSPS) is 10.6. The van der Waals surface area contributed by atoms with Crippen molar-refractivity contribution in [2.75, 3.05) is 7.11 Å². The number of hydrogen-bond acceptors (Lipinski definition) is 1. The van der Waals surface area contributed by atoms with Crippen LogP contribution in [0.2, 0.25) is 0 Å². The Morgan fingerprint density at radius 1 is 1.50 bits per heavy atom. The van der Waals surface area contributed by atoms with Crippen LogP contribution in [0.15, 0.2) is 23.2 Å². The highest BCUT2D eigenvalue weighted by Gasteiger charge is 2.04. The van der Waals surface area contributed by atoms with Crippen LogP contribution in [-0.2, 0) is 0 Å². The molecule has 1 aromatic carbocycles. The molecule has 1 rings (SSSR count). The lowest BCUT2D eigenvalue weighted by molar-refractivity contribution is 0.386. The van der Waals surface area contributed by atoms with Crippen molar-refractivity contribution in [2.45, 2.75) is 0 Å². The van der Waals surface area contributed by atoms with Gasteiger partial charge in [0.25, 0.3) is 0 Å². The Morgan fingerprint density at radius 3 is 2.83 bits per heavy atom. The topological polar surface area (TPSA) is 9.23 Å². The molecule has 0 spiro atoms. The van der Waals surface area contributed by atoms with Crippen LogP contribution >= 0.6 is 15.9 Å². The van der Waals surface area contributed by atoms with Crippen molar-refractivity contribution >= 4 is 22.0 Å². The van der Waals surface area contributed by atoms with Crippen LogP contribution in [0.3, 0.4) is 0 Å². The molecule has 0 bridgehead atoms. The molecule has 0 radical (unpaired) electrons. The second kappa shape index (κ2) is 4.26. The maximum Gasteiger partial charge on any atom is 0.172 e. The molecule has 0 aliphatic rings. The summed E-state index contributed by atoms with van der Waals surface area (Å²) in [6.45, 7) is 0. The Hall–Kier alpha value is -0.830. The summed E-state index contributed by atoms with van der Waals surface area (Å²) in [7, 11) is 1.44. The molecule has 0 amide bonds. The first kappa shape index (κ1) is 9.26. The summed E-state index contributed by atoms with van der Waals surface area (Å²) in [6.07, 6.45) is 1.62. The van der Waals surface area contributed by atoms with Crippen molar-refractivity contribution in [3.05, 3.63) is 34.6 Å². The molecule has 0 saturated carbocycles. The maximum absolute atomic E-state index is 13.3. The Morgan fingerprint density at radius 2 is 2.25 bits per heavy atom. The lowest BCUT2D eigenvalue weighted by atomic mass is 10.2. The molecule has 64 valence electrons. The van der Waals surface area contributed by atoms with E-state index in [1.807, 2.05) is 0 Å². The average Bonchev–Trinajstić information content (AvgIpc) is 2.09. The van der Waals surface area contributed by atoms with E-state index in [1.54, 1.807) is 29.3 Å². The van der Waals surface area contributed by atoms with Gasteiger partial charge >= 0.3 is 0 Å². The number of hydrogen-bond donors (Lipinski definition) is 0. The van der Waals surface area contributed by atoms with Gasteiger partial charge in [-0.15, -0.1) is 0 Å². The first-order valence-electron chi connectivity index (χ1n) is 3.39. The first-order valence-corrected chi connectivity index (χ1v) is 4.30. The highest BCUT2D eigenvalue weighted by molar-refractivity contribution is 9.11. The third-order valence-electron chi connectivity index (χ3n) is 1.46. The fourth-order valence-corrected chi connectivity index (χ4v) is 1.17. The summed E-state index contributed by atoms with van der Waals surface area (Å²) in [5.74, 6) is -0.0752. The number of benzene rings is 1. The minimum absolute atomic E-state index is 0.262. The van der Waals surface area contributed by atoms with Crippen molar-refractivity contribution in [1.29, 1.82) is 0 Å². The molecule has 0 heterocycles. The Labute approximate surface area is 79.0 Å². The molecular weight excluding hydrogens is 223 g/mol. The van der Waals surface area contributed by atoms with Crippen LogP contribution in [-0.4, -0.2) is 7.11 Å². The minimum atomic E-state index is -0.337. The molecule has 0 aliphatic carbocycles. The molecule has 0 aliphatic heterocycles. The van der Waals surface area contributed by atoms with Gasteiger partial charge in [0.1, 0.15) is 0 Å². The van der Waals surface area contributed by atoms with E-state index in [-0.39, 0.29) is 11.6 Å². The predicted molar refractivity (Wildman–Crippen MR) is 50.9 cm³/mol. The SMILES string of the molecule is COc1cccc(/C=C/Br)c1F. The second-order valence-electron chi connectivity index (χ2n) is 2.16. The molecular formula is C9H8BrFO. The summed E-state index contributed by atoms with van der Waals surface area (Å²) in [6, 6.07) is 5.00. The highest BCUT2D eigenvalue weighted by Crippen LogP contribution is 2.20. The van der Waals surface area contributed by atoms with Crippen LogP contribution in [0.5, 0.6) is 5.75 Å². The van der Waals surface area contributed by atoms with E-state index in [2.05, 4.69) is 15.9 Å². The molecule has 1 nitrogen and oxygen atoms in total. The van der Waals surface area contributed by atoms with Crippen molar-refractivity contribution in [1.82, 2.24) is 0 Å². The van der Waals surface area contributed by atoms with Crippen molar-refractivity contribution in [3.8, 4) is 5.75 Å². The van der Waals surface area contributed by atoms with Crippen molar-refractivity contribution in [3.63, 3.8) is 0 Å². The molecule has 0 N–H and O–H groups in total. The molecule has 3 heteroatoms. The average molecular weight is 231 g/mol. The molecule has 0 saturated heterocycles. The Balaban J connectivity index is 3.13. The largest absolute Gasteiger partial charge is 0.494 e. The van der Waals surface area contributed by atoms with Gasteiger partial charge in [-0.3, -0.25) is 0 Å². The fraction of sp³-hybridized carbons (Fsp3) is 0.111. The van der Waals surface area contributed by atoms with Gasteiger partial charge in [0, 0.05) is 5.56 Å². The molecule has 0 fully saturated rings. The van der Waals surface area contributed by atoms with E-state index in [0.29, 0.717) is 5.56 Å². The number of ether oxygens (including phenoxy) is 1. The first-order chi connectivity index (χ1) is 5.79. The van der Waals surface area contributed by atoms with E-state index in [4.69, 9.17) is 4.74 Å². The molecule has 1 aromatic rings. The van der Waals surface area contributed by atoms with Gasteiger partial charge in [-0.1, -0.05) is 28.1 Å². The van der Waals surface area contributed by atoms with E-state index in [0.717, 1.165) is 0 Å². The number of halogens is 2. The van der Waals surface area contributed by atoms with Crippen LogP contribution in [0, 0.1) is 5.82 Å². The van der Waals surface area contributed by atoms with Gasteiger partial charge in [-0.25, -0.2) is 4.39 Å². The number of rotatable bonds is 2. The van der Waals surface area contributed by atoms with Gasteiger partial charge in [-0.2, -0.15) is 0 Å². The summed E-state index contributed by atoms with van der Waals surface area (Å²) in [4.78, 5) is 1.60. The zero-order valence-corrected chi connectivity index (χ0v) is 8.14. The number of methoxy groups -OCH3 is 1. The van der Waals surface area contributed by atoms with Gasteiger partial charge in [0.2, 0.25) is 0 Å². The third-order valence-corrected chi connectivity index (χ3v) is 1.72. The van der Waals surface area contributed by atoms with Gasteiger partial charge in [-0.05, 0) is 17.1 Å². The predicted octanol–water partition coefficient (Wildman–Crippen LogP) is 3.20. The van der Waals surface area contributed by atoms with E-state index in [1.165, 1.54) is 7.11 Å². The van der Waals surface area contributed by atoms with Crippen LogP contribution in [0.4, 0.5) is 4.39 Å². The lowest BCUT2D eigenvalue weighted by Gasteiger charge is -2.02. The molecule has 0 aromatic heterocycles. The highest BCUT2D eigenvalue weighted by atomic mass is 79.9. The van der Waals surface area contributed by atoms with E-state index in [9.17, 15) is 4.39 Å².